The molecule has 1 heterocycles. The number of hydrogen-bond donors (Lipinski definition) is 0. The normalized spacial score (nSPS) is 11.2. The first kappa shape index (κ1) is 8.72. The predicted molar refractivity (Wildman–Crippen MR) is 52.7 cm³/mol. The van der Waals surface area contributed by atoms with Crippen LogP contribution in [0.5, 0.6) is 0 Å². The maximum atomic E-state index is 3.96. The number of allylic oxidation sites excluding steroid dienone is 3. The Kier molecular flexibility index (Phi) is 3.27. The number of rotatable bonds is 3. The van der Waals surface area contributed by atoms with Crippen molar-refractivity contribution < 1.29 is 0 Å². The van der Waals surface area contributed by atoms with Crippen LogP contribution >= 0.6 is 0 Å². The van der Waals surface area contributed by atoms with Crippen LogP contribution in [-0.4, -0.2) is 4.98 Å². The molecule has 0 aliphatic heterocycles. The van der Waals surface area contributed by atoms with Crippen LogP contribution in [0.3, 0.4) is 0 Å². The summed E-state index contributed by atoms with van der Waals surface area (Å²) in [7, 11) is 0. The highest BCUT2D eigenvalue weighted by atomic mass is 14.6. The van der Waals surface area contributed by atoms with Crippen molar-refractivity contribution in [3.63, 3.8) is 0 Å². The van der Waals surface area contributed by atoms with Crippen LogP contribution in [-0.2, 0) is 0 Å². The van der Waals surface area contributed by atoms with Gasteiger partial charge in [0.1, 0.15) is 0 Å². The zero-order valence-corrected chi connectivity index (χ0v) is 7.33. The second-order valence-corrected chi connectivity index (χ2v) is 2.51. The van der Waals surface area contributed by atoms with Crippen molar-refractivity contribution in [2.75, 3.05) is 0 Å². The molecule has 0 fully saturated rings. The largest absolute Gasteiger partial charge is 0.265 e. The van der Waals surface area contributed by atoms with E-state index in [0.717, 1.165) is 6.42 Å². The molecule has 0 aliphatic carbocycles. The first-order valence-electron chi connectivity index (χ1n) is 4.11. The van der Waals surface area contributed by atoms with Crippen molar-refractivity contribution >= 4 is 5.57 Å². The number of hydrogen-bond acceptors (Lipinski definition) is 1. The van der Waals surface area contributed by atoms with Gasteiger partial charge in [0, 0.05) is 12.4 Å². The summed E-state index contributed by atoms with van der Waals surface area (Å²) in [5.41, 5.74) is 2.36. The van der Waals surface area contributed by atoms with Gasteiger partial charge in [0.25, 0.3) is 0 Å². The van der Waals surface area contributed by atoms with Crippen molar-refractivity contribution in [1.82, 2.24) is 4.98 Å². The van der Waals surface area contributed by atoms with E-state index in [2.05, 4.69) is 24.6 Å². The predicted octanol–water partition coefficient (Wildman–Crippen LogP) is 3.06. The van der Waals surface area contributed by atoms with Crippen molar-refractivity contribution in [2.24, 2.45) is 0 Å². The lowest BCUT2D eigenvalue weighted by molar-refractivity contribution is 1.22. The Labute approximate surface area is 73.5 Å². The zero-order chi connectivity index (χ0) is 8.81. The van der Waals surface area contributed by atoms with Gasteiger partial charge >= 0.3 is 0 Å². The minimum absolute atomic E-state index is 1.03. The van der Waals surface area contributed by atoms with E-state index >= 15 is 0 Å². The number of nitrogens with zero attached hydrogens (tertiary/aromatic N) is 1. The lowest BCUT2D eigenvalue weighted by atomic mass is 10.1. The van der Waals surface area contributed by atoms with E-state index in [0.29, 0.717) is 0 Å². The molecule has 0 N–H and O–H groups in total. The molecule has 0 unspecified atom stereocenters. The molecular weight excluding hydrogens is 146 g/mol. The standard InChI is InChI=1S/C11H13N/c1-3-5-10(4-2)11-6-8-12-9-7-11/h4-9H,2-3H2,1H3/b10-5+. The van der Waals surface area contributed by atoms with Crippen LogP contribution in [0.15, 0.2) is 43.3 Å². The molecule has 0 saturated carbocycles. The zero-order valence-electron chi connectivity index (χ0n) is 7.33. The first-order valence-corrected chi connectivity index (χ1v) is 4.11. The molecule has 0 bridgehead atoms. The summed E-state index contributed by atoms with van der Waals surface area (Å²) in [6.45, 7) is 5.88. The topological polar surface area (TPSA) is 12.9 Å². The van der Waals surface area contributed by atoms with E-state index < -0.39 is 0 Å². The summed E-state index contributed by atoms with van der Waals surface area (Å²) < 4.78 is 0. The molecule has 12 heavy (non-hydrogen) atoms. The Morgan fingerprint density at radius 3 is 2.67 bits per heavy atom. The highest BCUT2D eigenvalue weighted by molar-refractivity contribution is 5.72. The summed E-state index contributed by atoms with van der Waals surface area (Å²) in [6, 6.07) is 3.98. The maximum absolute atomic E-state index is 3.96. The molecule has 0 spiro atoms. The average molecular weight is 159 g/mol. The molecule has 1 aromatic heterocycles. The fourth-order valence-corrected chi connectivity index (χ4v) is 1.08. The molecule has 0 saturated heterocycles. The molecule has 1 nitrogen and oxygen atoms in total. The molecule has 0 atom stereocenters. The highest BCUT2D eigenvalue weighted by Crippen LogP contribution is 2.14. The molecule has 0 aromatic carbocycles. The minimum Gasteiger partial charge on any atom is -0.265 e. The highest BCUT2D eigenvalue weighted by Gasteiger charge is 1.93. The third kappa shape index (κ3) is 2.06. The van der Waals surface area contributed by atoms with Gasteiger partial charge < -0.3 is 0 Å². The van der Waals surface area contributed by atoms with Gasteiger partial charge in [0.2, 0.25) is 0 Å². The van der Waals surface area contributed by atoms with E-state index in [1.807, 2.05) is 18.2 Å². The van der Waals surface area contributed by atoms with Gasteiger partial charge in [-0.05, 0) is 29.7 Å². The van der Waals surface area contributed by atoms with E-state index in [-0.39, 0.29) is 0 Å². The summed E-state index contributed by atoms with van der Waals surface area (Å²) in [6.07, 6.45) is 8.65. The fourth-order valence-electron chi connectivity index (χ4n) is 1.08. The lowest BCUT2D eigenvalue weighted by Gasteiger charge is -1.99. The summed E-state index contributed by atoms with van der Waals surface area (Å²) in [5, 5.41) is 0. The molecule has 0 radical (unpaired) electrons. The van der Waals surface area contributed by atoms with E-state index in [1.165, 1.54) is 11.1 Å². The molecule has 1 heteroatoms. The maximum Gasteiger partial charge on any atom is 0.0273 e. The van der Waals surface area contributed by atoms with Gasteiger partial charge in [0.05, 0.1) is 0 Å². The Balaban J connectivity index is 2.96. The molecule has 1 aromatic rings. The van der Waals surface area contributed by atoms with Gasteiger partial charge in [-0.25, -0.2) is 0 Å². The third-order valence-electron chi connectivity index (χ3n) is 1.66. The van der Waals surface area contributed by atoms with E-state index in [9.17, 15) is 0 Å². The van der Waals surface area contributed by atoms with Crippen LogP contribution in [0.25, 0.3) is 5.57 Å². The summed E-state index contributed by atoms with van der Waals surface area (Å²) in [4.78, 5) is 3.96. The van der Waals surface area contributed by atoms with Crippen LogP contribution in [0, 0.1) is 0 Å². The SMILES string of the molecule is C=C/C(=C\CC)c1ccncc1. The third-order valence-corrected chi connectivity index (χ3v) is 1.66. The number of aromatic nitrogens is 1. The van der Waals surface area contributed by atoms with Crippen molar-refractivity contribution in [1.29, 1.82) is 0 Å². The second kappa shape index (κ2) is 4.50. The van der Waals surface area contributed by atoms with E-state index in [4.69, 9.17) is 0 Å². The van der Waals surface area contributed by atoms with Crippen molar-refractivity contribution in [3.05, 3.63) is 48.8 Å². The Morgan fingerprint density at radius 2 is 2.17 bits per heavy atom. The Bertz CT molecular complexity index is 272. The number of pyridine rings is 1. The summed E-state index contributed by atoms with van der Waals surface area (Å²) in [5.74, 6) is 0. The quantitative estimate of drug-likeness (QED) is 0.618. The van der Waals surface area contributed by atoms with Crippen molar-refractivity contribution in [2.45, 2.75) is 13.3 Å². The van der Waals surface area contributed by atoms with Crippen LogP contribution < -0.4 is 0 Å². The molecular formula is C11H13N. The van der Waals surface area contributed by atoms with Gasteiger partial charge in [0.15, 0.2) is 0 Å². The monoisotopic (exact) mass is 159 g/mol. The molecule has 0 aliphatic rings. The van der Waals surface area contributed by atoms with Gasteiger partial charge in [-0.3, -0.25) is 4.98 Å². The van der Waals surface area contributed by atoms with Crippen LogP contribution in [0.1, 0.15) is 18.9 Å². The van der Waals surface area contributed by atoms with Gasteiger partial charge in [-0.15, -0.1) is 0 Å². The van der Waals surface area contributed by atoms with Gasteiger partial charge in [-0.2, -0.15) is 0 Å². The van der Waals surface area contributed by atoms with E-state index in [1.54, 1.807) is 12.4 Å². The molecule has 1 rings (SSSR count). The first-order chi connectivity index (χ1) is 5.88. The second-order valence-electron chi connectivity index (χ2n) is 2.51. The van der Waals surface area contributed by atoms with Gasteiger partial charge in [-0.1, -0.05) is 25.7 Å². The fraction of sp³-hybridized carbons (Fsp3) is 0.182. The molecule has 62 valence electrons. The minimum atomic E-state index is 1.03. The smallest absolute Gasteiger partial charge is 0.0273 e. The van der Waals surface area contributed by atoms with Crippen LogP contribution in [0.4, 0.5) is 0 Å². The van der Waals surface area contributed by atoms with Crippen LogP contribution in [0.2, 0.25) is 0 Å². The molecule has 0 amide bonds. The lowest BCUT2D eigenvalue weighted by Crippen LogP contribution is -1.80. The Hall–Kier alpha value is -1.37. The Morgan fingerprint density at radius 1 is 1.50 bits per heavy atom. The average Bonchev–Trinajstić information content (AvgIpc) is 2.15. The van der Waals surface area contributed by atoms with Crippen molar-refractivity contribution in [3.8, 4) is 0 Å². The summed E-state index contributed by atoms with van der Waals surface area (Å²) >= 11 is 0.